The first-order chi connectivity index (χ1) is 17.3. The molecule has 0 saturated carbocycles. The summed E-state index contributed by atoms with van der Waals surface area (Å²) in [7, 11) is 0. The van der Waals surface area contributed by atoms with E-state index in [0.29, 0.717) is 0 Å². The molecule has 3 heterocycles. The second-order valence-corrected chi connectivity index (χ2v) is 10.4. The molecule has 0 bridgehead atoms. The lowest BCUT2D eigenvalue weighted by molar-refractivity contribution is 0.977. The number of hydrogen-bond acceptors (Lipinski definition) is 2. The van der Waals surface area contributed by atoms with Gasteiger partial charge in [-0.1, -0.05) is 60.7 Å². The summed E-state index contributed by atoms with van der Waals surface area (Å²) in [6.45, 7) is 0. The van der Waals surface area contributed by atoms with Crippen LogP contribution in [0.2, 0.25) is 0 Å². The molecule has 4 aliphatic rings. The molecule has 9 rings (SSSR count). The van der Waals surface area contributed by atoms with Gasteiger partial charge in [-0.25, -0.2) is 4.98 Å². The van der Waals surface area contributed by atoms with Gasteiger partial charge in [0, 0.05) is 19.0 Å². The Morgan fingerprint density at radius 2 is 1.29 bits per heavy atom. The van der Waals surface area contributed by atoms with E-state index in [4.69, 9.17) is 4.98 Å². The number of fused-ring (bicyclic) bond motifs is 11. The summed E-state index contributed by atoms with van der Waals surface area (Å²) in [5.74, 6) is 1.10. The zero-order valence-electron chi connectivity index (χ0n) is 19.3. The van der Waals surface area contributed by atoms with Crippen molar-refractivity contribution >= 4 is 17.2 Å². The second kappa shape index (κ2) is 6.28. The first-order valence-electron chi connectivity index (χ1n) is 12.6. The molecule has 2 nitrogen and oxygen atoms in total. The minimum atomic E-state index is 0.956. The lowest BCUT2D eigenvalue weighted by Crippen LogP contribution is -2.26. The molecule has 0 unspecified atom stereocenters. The molecule has 1 aromatic heterocycles. The fourth-order valence-corrected chi connectivity index (χ4v) is 7.11. The van der Waals surface area contributed by atoms with Crippen molar-refractivity contribution in [3.8, 4) is 22.3 Å². The summed E-state index contributed by atoms with van der Waals surface area (Å²) in [5.41, 5.74) is 19.9. The molecule has 2 heteroatoms. The Bertz CT molecular complexity index is 1760. The van der Waals surface area contributed by atoms with Gasteiger partial charge in [-0.2, -0.15) is 0 Å². The minimum Gasteiger partial charge on any atom is -0.294 e. The van der Waals surface area contributed by atoms with Gasteiger partial charge in [0.2, 0.25) is 0 Å². The van der Waals surface area contributed by atoms with E-state index in [9.17, 15) is 0 Å². The lowest BCUT2D eigenvalue weighted by atomic mass is 9.82. The lowest BCUT2D eigenvalue weighted by Gasteiger charge is -2.40. The average molecular weight is 447 g/mol. The van der Waals surface area contributed by atoms with E-state index in [0.717, 1.165) is 31.5 Å². The van der Waals surface area contributed by atoms with Gasteiger partial charge in [-0.05, 0) is 97.8 Å². The largest absolute Gasteiger partial charge is 0.294 e. The molecule has 164 valence electrons. The van der Waals surface area contributed by atoms with Crippen LogP contribution in [0.1, 0.15) is 44.5 Å². The van der Waals surface area contributed by atoms with Gasteiger partial charge in [0.05, 0.1) is 11.4 Å². The summed E-state index contributed by atoms with van der Waals surface area (Å²) < 4.78 is 0. The first kappa shape index (κ1) is 18.2. The van der Waals surface area contributed by atoms with Crippen LogP contribution in [0.3, 0.4) is 0 Å². The fourth-order valence-electron chi connectivity index (χ4n) is 7.11. The van der Waals surface area contributed by atoms with Crippen LogP contribution < -0.4 is 4.90 Å². The van der Waals surface area contributed by atoms with Gasteiger partial charge < -0.3 is 0 Å². The van der Waals surface area contributed by atoms with Gasteiger partial charge in [0.1, 0.15) is 5.82 Å². The van der Waals surface area contributed by atoms with E-state index in [1.165, 1.54) is 78.1 Å². The number of anilines is 3. The van der Waals surface area contributed by atoms with Gasteiger partial charge in [-0.15, -0.1) is 0 Å². The van der Waals surface area contributed by atoms with Crippen molar-refractivity contribution in [2.75, 3.05) is 4.90 Å². The molecule has 0 fully saturated rings. The smallest absolute Gasteiger partial charge is 0.141 e. The fraction of sp³-hybridized carbons (Fsp3) is 0.121. The molecule has 0 atom stereocenters. The third-order valence-corrected chi connectivity index (χ3v) is 8.51. The molecule has 0 radical (unpaired) electrons. The summed E-state index contributed by atoms with van der Waals surface area (Å²) in [5, 5.41) is 0. The summed E-state index contributed by atoms with van der Waals surface area (Å²) >= 11 is 0. The minimum absolute atomic E-state index is 0.956. The highest BCUT2D eigenvalue weighted by Crippen LogP contribution is 2.56. The Hall–Kier alpha value is -4.17. The monoisotopic (exact) mass is 446 g/mol. The predicted octanol–water partition coefficient (Wildman–Crippen LogP) is 7.50. The molecule has 0 amide bonds. The van der Waals surface area contributed by atoms with Crippen molar-refractivity contribution < 1.29 is 0 Å². The van der Waals surface area contributed by atoms with Crippen LogP contribution in [0.15, 0.2) is 85.1 Å². The molecule has 2 aliphatic heterocycles. The highest BCUT2D eigenvalue weighted by molar-refractivity contribution is 5.96. The zero-order chi connectivity index (χ0) is 22.7. The van der Waals surface area contributed by atoms with Crippen LogP contribution in [0, 0.1) is 0 Å². The quantitative estimate of drug-likeness (QED) is 0.240. The van der Waals surface area contributed by atoms with Crippen LogP contribution in [-0.2, 0) is 25.7 Å². The van der Waals surface area contributed by atoms with Gasteiger partial charge >= 0.3 is 0 Å². The Kier molecular flexibility index (Phi) is 3.27. The van der Waals surface area contributed by atoms with Crippen LogP contribution in [0.5, 0.6) is 0 Å². The van der Waals surface area contributed by atoms with Crippen LogP contribution in [0.4, 0.5) is 17.2 Å². The number of aromatic nitrogens is 1. The molecule has 0 N–H and O–H groups in total. The molecular formula is C33H22N2. The number of hydrogen-bond donors (Lipinski definition) is 0. The molecule has 35 heavy (non-hydrogen) atoms. The number of benzene rings is 4. The van der Waals surface area contributed by atoms with Gasteiger partial charge in [0.25, 0.3) is 0 Å². The van der Waals surface area contributed by atoms with E-state index in [-0.39, 0.29) is 0 Å². The molecule has 4 aromatic carbocycles. The topological polar surface area (TPSA) is 16.1 Å². The zero-order valence-corrected chi connectivity index (χ0v) is 19.3. The van der Waals surface area contributed by atoms with Crippen molar-refractivity contribution in [3.63, 3.8) is 0 Å². The molecular weight excluding hydrogens is 424 g/mol. The van der Waals surface area contributed by atoms with Crippen LogP contribution in [-0.4, -0.2) is 4.98 Å². The summed E-state index contributed by atoms with van der Waals surface area (Å²) in [6, 6.07) is 29.7. The summed E-state index contributed by atoms with van der Waals surface area (Å²) in [4.78, 5) is 7.43. The van der Waals surface area contributed by atoms with E-state index in [1.807, 2.05) is 6.20 Å². The highest BCUT2D eigenvalue weighted by Gasteiger charge is 2.37. The van der Waals surface area contributed by atoms with Gasteiger partial charge in [0.15, 0.2) is 0 Å². The van der Waals surface area contributed by atoms with Crippen molar-refractivity contribution in [1.29, 1.82) is 0 Å². The van der Waals surface area contributed by atoms with Gasteiger partial charge in [-0.3, -0.25) is 4.90 Å². The van der Waals surface area contributed by atoms with E-state index < -0.39 is 0 Å². The van der Waals surface area contributed by atoms with E-state index in [1.54, 1.807) is 0 Å². The molecule has 0 saturated heterocycles. The Morgan fingerprint density at radius 1 is 0.543 bits per heavy atom. The standard InChI is InChI=1S/C33H22N2/c1-3-9-26-19(6-1)12-22-18-30-23(16-28(22)26)17-29-31-24(13-20-7-2-4-10-27(20)31)15-25-14-21-8-5-11-34-33(21)35(30)32(25)29/h1-11,15-16,18H,12-14,17H2. The maximum absolute atomic E-state index is 4.94. The Labute approximate surface area is 204 Å². The average Bonchev–Trinajstić information content (AvgIpc) is 3.45. The molecule has 2 aliphatic carbocycles. The first-order valence-corrected chi connectivity index (χ1v) is 12.6. The highest BCUT2D eigenvalue weighted by atomic mass is 15.2. The van der Waals surface area contributed by atoms with Crippen molar-refractivity contribution in [2.24, 2.45) is 0 Å². The Balaban J connectivity index is 1.36. The number of rotatable bonds is 0. The molecule has 5 aromatic rings. The second-order valence-electron chi connectivity index (χ2n) is 10.4. The van der Waals surface area contributed by atoms with Crippen molar-refractivity contribution in [1.82, 2.24) is 4.98 Å². The van der Waals surface area contributed by atoms with E-state index >= 15 is 0 Å². The molecule has 0 spiro atoms. The van der Waals surface area contributed by atoms with Crippen LogP contribution in [0.25, 0.3) is 22.3 Å². The predicted molar refractivity (Wildman–Crippen MR) is 141 cm³/mol. The van der Waals surface area contributed by atoms with E-state index in [2.05, 4.69) is 83.8 Å². The van der Waals surface area contributed by atoms with Crippen molar-refractivity contribution in [3.05, 3.63) is 130 Å². The maximum Gasteiger partial charge on any atom is 0.141 e. The van der Waals surface area contributed by atoms with Crippen LogP contribution >= 0.6 is 0 Å². The normalized spacial score (nSPS) is 14.9. The third kappa shape index (κ3) is 2.27. The number of pyridine rings is 1. The third-order valence-electron chi connectivity index (χ3n) is 8.51. The maximum atomic E-state index is 4.94. The Morgan fingerprint density at radius 3 is 2.20 bits per heavy atom. The SMILES string of the molecule is c1ccc2c(c1)Cc1cc3c(cc1-2)Cc1c2c(cc4c1N3c1ncccc1C4)Cc1ccccc1-2. The summed E-state index contributed by atoms with van der Waals surface area (Å²) in [6.07, 6.45) is 5.93. The van der Waals surface area contributed by atoms with Crippen molar-refractivity contribution in [2.45, 2.75) is 25.7 Å². The number of nitrogens with zero attached hydrogens (tertiary/aromatic N) is 2.